The molecule has 0 aliphatic heterocycles. The number of ketones is 1. The van der Waals surface area contributed by atoms with E-state index in [0.717, 1.165) is 6.20 Å². The Balaban J connectivity index is 1.45. The largest absolute Gasteiger partial charge is 0.462 e. The number of Topliss-reactive ketones (excluding diaryl/α,β-unsaturated/α-hetero) is 1. The second-order valence-corrected chi connectivity index (χ2v) is 8.71. The molecule has 0 atom stereocenters. The highest BCUT2D eigenvalue weighted by molar-refractivity contribution is 6.32. The van der Waals surface area contributed by atoms with E-state index in [0.29, 0.717) is 15.6 Å². The first kappa shape index (κ1) is 26.0. The van der Waals surface area contributed by atoms with Crippen molar-refractivity contribution in [3.8, 4) is 11.5 Å². The van der Waals surface area contributed by atoms with Crippen LogP contribution in [-0.2, 0) is 17.3 Å². The molecular formula is C26H18ClF3N6O3. The Morgan fingerprint density at radius 1 is 1.05 bits per heavy atom. The Morgan fingerprint density at radius 3 is 2.62 bits per heavy atom. The number of esters is 1. The lowest BCUT2D eigenvalue weighted by Gasteiger charge is -2.14. The minimum Gasteiger partial charge on any atom is -0.462 e. The van der Waals surface area contributed by atoms with E-state index in [1.807, 2.05) is 0 Å². The fourth-order valence-electron chi connectivity index (χ4n) is 4.05. The second kappa shape index (κ2) is 10.3. The SMILES string of the molecule is CCOC(=O)c1cnn(-c2ncc(CC(=O)c3cnn(-c4cccc5ncccc45)c3C(F)(F)F)cc2Cl)c1. The van der Waals surface area contributed by atoms with E-state index in [-0.39, 0.29) is 34.3 Å². The lowest BCUT2D eigenvalue weighted by molar-refractivity contribution is -0.143. The zero-order valence-electron chi connectivity index (χ0n) is 20.2. The number of rotatable bonds is 7. The number of ether oxygens (including phenoxy) is 1. The summed E-state index contributed by atoms with van der Waals surface area (Å²) in [6.45, 7) is 1.87. The molecule has 1 aromatic carbocycles. The molecule has 0 saturated heterocycles. The van der Waals surface area contributed by atoms with Crippen LogP contribution in [0, 0.1) is 0 Å². The number of pyridine rings is 2. The molecule has 4 heterocycles. The van der Waals surface area contributed by atoms with Gasteiger partial charge in [0.05, 0.1) is 46.4 Å². The smallest absolute Gasteiger partial charge is 0.434 e. The third-order valence-corrected chi connectivity index (χ3v) is 6.02. The monoisotopic (exact) mass is 554 g/mol. The highest BCUT2D eigenvalue weighted by Gasteiger charge is 2.40. The van der Waals surface area contributed by atoms with Crippen molar-refractivity contribution in [2.24, 2.45) is 0 Å². The molecule has 5 rings (SSSR count). The second-order valence-electron chi connectivity index (χ2n) is 8.31. The first-order chi connectivity index (χ1) is 18.7. The summed E-state index contributed by atoms with van der Waals surface area (Å²) in [5, 5.41) is 8.49. The topological polar surface area (TPSA) is 105 Å². The summed E-state index contributed by atoms with van der Waals surface area (Å²) < 4.78 is 49.6. The molecule has 0 aliphatic carbocycles. The highest BCUT2D eigenvalue weighted by atomic mass is 35.5. The van der Waals surface area contributed by atoms with E-state index in [2.05, 4.69) is 20.2 Å². The molecule has 0 bridgehead atoms. The quantitative estimate of drug-likeness (QED) is 0.199. The molecule has 0 unspecified atom stereocenters. The zero-order chi connectivity index (χ0) is 27.7. The summed E-state index contributed by atoms with van der Waals surface area (Å²) in [5.41, 5.74) is -0.687. The average Bonchev–Trinajstić information content (AvgIpc) is 3.57. The third-order valence-electron chi connectivity index (χ3n) is 5.74. The first-order valence-electron chi connectivity index (χ1n) is 11.6. The van der Waals surface area contributed by atoms with Crippen molar-refractivity contribution in [1.82, 2.24) is 29.5 Å². The fourth-order valence-corrected chi connectivity index (χ4v) is 4.33. The van der Waals surface area contributed by atoms with Crippen LogP contribution in [0.5, 0.6) is 0 Å². The van der Waals surface area contributed by atoms with Gasteiger partial charge in [0.2, 0.25) is 0 Å². The van der Waals surface area contributed by atoms with Crippen LogP contribution in [0.3, 0.4) is 0 Å². The number of hydrogen-bond acceptors (Lipinski definition) is 7. The van der Waals surface area contributed by atoms with Gasteiger partial charge in [0, 0.05) is 30.4 Å². The molecule has 39 heavy (non-hydrogen) atoms. The molecule has 9 nitrogen and oxygen atoms in total. The molecule has 0 radical (unpaired) electrons. The highest BCUT2D eigenvalue weighted by Crippen LogP contribution is 2.35. The summed E-state index contributed by atoms with van der Waals surface area (Å²) in [4.78, 5) is 33.3. The molecule has 0 spiro atoms. The predicted octanol–water partition coefficient (Wildman–Crippen LogP) is 5.28. The van der Waals surface area contributed by atoms with Crippen LogP contribution in [0.1, 0.15) is 38.9 Å². The number of carbonyl (C=O) groups excluding carboxylic acids is 2. The number of nitrogens with zero attached hydrogens (tertiary/aromatic N) is 6. The van der Waals surface area contributed by atoms with Crippen LogP contribution >= 0.6 is 11.6 Å². The van der Waals surface area contributed by atoms with E-state index in [1.54, 1.807) is 31.2 Å². The van der Waals surface area contributed by atoms with Crippen LogP contribution in [0.2, 0.25) is 5.02 Å². The lowest BCUT2D eigenvalue weighted by atomic mass is 10.0. The molecule has 0 saturated carbocycles. The fraction of sp³-hybridized carbons (Fsp3) is 0.154. The standard InChI is InChI=1S/C26H18ClF3N6O3/c1-2-39-25(38)16-12-33-35(14-16)24-19(27)9-15(11-32-24)10-22(37)18-13-34-36(23(18)26(28,29)30)21-7-3-6-20-17(21)5-4-8-31-20/h3-9,11-14H,2,10H2,1H3. The molecule has 13 heteroatoms. The molecule has 4 aromatic heterocycles. The van der Waals surface area contributed by atoms with Gasteiger partial charge in [-0.15, -0.1) is 0 Å². The van der Waals surface area contributed by atoms with Gasteiger partial charge in [0.1, 0.15) is 0 Å². The molecule has 0 amide bonds. The van der Waals surface area contributed by atoms with Crippen molar-refractivity contribution in [3.05, 3.63) is 94.8 Å². The summed E-state index contributed by atoms with van der Waals surface area (Å²) in [6, 6.07) is 9.36. The molecular weight excluding hydrogens is 537 g/mol. The van der Waals surface area contributed by atoms with E-state index >= 15 is 0 Å². The van der Waals surface area contributed by atoms with Crippen molar-refractivity contribution in [3.63, 3.8) is 0 Å². The van der Waals surface area contributed by atoms with Gasteiger partial charge < -0.3 is 4.74 Å². The number of alkyl halides is 3. The molecule has 5 aromatic rings. The maximum absolute atomic E-state index is 14.2. The number of fused-ring (bicyclic) bond motifs is 1. The molecule has 0 fully saturated rings. The summed E-state index contributed by atoms with van der Waals surface area (Å²) >= 11 is 6.33. The molecule has 0 N–H and O–H groups in total. The molecule has 198 valence electrons. The Bertz CT molecular complexity index is 1710. The van der Waals surface area contributed by atoms with Crippen molar-refractivity contribution >= 4 is 34.3 Å². The normalized spacial score (nSPS) is 11.6. The van der Waals surface area contributed by atoms with Gasteiger partial charge >= 0.3 is 12.1 Å². The van der Waals surface area contributed by atoms with E-state index in [4.69, 9.17) is 16.3 Å². The van der Waals surface area contributed by atoms with Crippen LogP contribution in [-0.4, -0.2) is 47.9 Å². The number of hydrogen-bond donors (Lipinski definition) is 0. The van der Waals surface area contributed by atoms with Crippen LogP contribution < -0.4 is 0 Å². The average molecular weight is 555 g/mol. The van der Waals surface area contributed by atoms with E-state index < -0.39 is 35.6 Å². The lowest BCUT2D eigenvalue weighted by Crippen LogP contribution is -2.18. The summed E-state index contributed by atoms with van der Waals surface area (Å²) in [6.07, 6.45) is 1.13. The minimum absolute atomic E-state index is 0.0776. The Hall–Kier alpha value is -4.58. The maximum Gasteiger partial charge on any atom is 0.434 e. The summed E-state index contributed by atoms with van der Waals surface area (Å²) in [7, 11) is 0. The van der Waals surface area contributed by atoms with Gasteiger partial charge in [-0.1, -0.05) is 17.7 Å². The van der Waals surface area contributed by atoms with Gasteiger partial charge in [-0.25, -0.2) is 19.1 Å². The Kier molecular flexibility index (Phi) is 6.87. The van der Waals surface area contributed by atoms with Gasteiger partial charge in [0.25, 0.3) is 0 Å². The number of aromatic nitrogens is 6. The van der Waals surface area contributed by atoms with Crippen LogP contribution in [0.4, 0.5) is 13.2 Å². The Morgan fingerprint density at radius 2 is 1.87 bits per heavy atom. The van der Waals surface area contributed by atoms with E-state index in [9.17, 15) is 22.8 Å². The van der Waals surface area contributed by atoms with Gasteiger partial charge in [-0.2, -0.15) is 23.4 Å². The number of carbonyl (C=O) groups is 2. The minimum atomic E-state index is -4.87. The van der Waals surface area contributed by atoms with Crippen molar-refractivity contribution < 1.29 is 27.5 Å². The maximum atomic E-state index is 14.2. The number of benzene rings is 1. The van der Waals surface area contributed by atoms with Crippen LogP contribution in [0.25, 0.3) is 22.4 Å². The van der Waals surface area contributed by atoms with E-state index in [1.165, 1.54) is 41.6 Å². The van der Waals surface area contributed by atoms with Crippen molar-refractivity contribution in [2.45, 2.75) is 19.5 Å². The van der Waals surface area contributed by atoms with Crippen molar-refractivity contribution in [1.29, 1.82) is 0 Å². The van der Waals surface area contributed by atoms with Gasteiger partial charge in [0.15, 0.2) is 17.3 Å². The zero-order valence-corrected chi connectivity index (χ0v) is 20.9. The molecule has 0 aliphatic rings. The number of halogens is 4. The van der Waals surface area contributed by atoms with Gasteiger partial charge in [-0.05, 0) is 42.8 Å². The summed E-state index contributed by atoms with van der Waals surface area (Å²) in [5.74, 6) is -1.22. The first-order valence-corrected chi connectivity index (χ1v) is 11.9. The van der Waals surface area contributed by atoms with Gasteiger partial charge in [-0.3, -0.25) is 9.78 Å². The third kappa shape index (κ3) is 5.10. The van der Waals surface area contributed by atoms with Crippen LogP contribution in [0.15, 0.2) is 67.4 Å². The Labute approximate surface area is 223 Å². The van der Waals surface area contributed by atoms with Crippen molar-refractivity contribution in [2.75, 3.05) is 6.61 Å². The predicted molar refractivity (Wildman–Crippen MR) is 134 cm³/mol.